The lowest BCUT2D eigenvalue weighted by Crippen LogP contribution is -2.28. The summed E-state index contributed by atoms with van der Waals surface area (Å²) in [5.74, 6) is -1.10. The molecule has 9 heteroatoms. The summed E-state index contributed by atoms with van der Waals surface area (Å²) in [5, 5.41) is 2.37. The zero-order valence-corrected chi connectivity index (χ0v) is 14.2. The van der Waals surface area contributed by atoms with Gasteiger partial charge >= 0.3 is 11.9 Å². The largest absolute Gasteiger partial charge is 0.466 e. The highest BCUT2D eigenvalue weighted by molar-refractivity contribution is 7.54. The number of esters is 2. The number of carbonyl (C=O) groups is 2. The van der Waals surface area contributed by atoms with Crippen molar-refractivity contribution >= 4 is 19.5 Å². The van der Waals surface area contributed by atoms with E-state index in [2.05, 4.69) is 9.82 Å². The van der Waals surface area contributed by atoms with Crippen molar-refractivity contribution in [2.24, 2.45) is 11.7 Å². The fourth-order valence-electron chi connectivity index (χ4n) is 0.948. The van der Waals surface area contributed by atoms with Crippen LogP contribution in [0.2, 0.25) is 0 Å². The molecule has 0 rings (SSSR count). The first-order valence-corrected chi connectivity index (χ1v) is 8.80. The number of hydrogen-bond acceptors (Lipinski definition) is 6. The highest BCUT2D eigenvalue weighted by atomic mass is 31.2. The van der Waals surface area contributed by atoms with Crippen LogP contribution in [-0.4, -0.2) is 49.3 Å². The Morgan fingerprint density at radius 3 is 1.90 bits per heavy atom. The summed E-state index contributed by atoms with van der Waals surface area (Å²) in [6.07, 6.45) is 0. The molecule has 0 amide bonds. The van der Waals surface area contributed by atoms with Crippen molar-refractivity contribution < 1.29 is 28.5 Å². The zero-order chi connectivity index (χ0) is 17.1. The average Bonchev–Trinajstić information content (AvgIpc) is 2.36. The van der Waals surface area contributed by atoms with Crippen molar-refractivity contribution in [3.8, 4) is 0 Å². The van der Waals surface area contributed by atoms with Gasteiger partial charge in [0.1, 0.15) is 6.04 Å². The Morgan fingerprint density at radius 2 is 1.62 bits per heavy atom. The molecule has 0 heterocycles. The van der Waals surface area contributed by atoms with Crippen molar-refractivity contribution in [2.45, 2.75) is 33.7 Å². The molecule has 0 saturated heterocycles. The third-order valence-corrected chi connectivity index (χ3v) is 2.81. The molecule has 0 spiro atoms. The van der Waals surface area contributed by atoms with Crippen LogP contribution in [0.15, 0.2) is 0 Å². The van der Waals surface area contributed by atoms with Gasteiger partial charge in [0, 0.05) is 13.2 Å². The van der Waals surface area contributed by atoms with Gasteiger partial charge < -0.3 is 20.1 Å². The lowest BCUT2D eigenvalue weighted by molar-refractivity contribution is -0.147. The fourth-order valence-corrected chi connectivity index (χ4v) is 1.56. The molecule has 0 aromatic carbocycles. The first-order valence-electron chi connectivity index (χ1n) is 6.69. The van der Waals surface area contributed by atoms with E-state index in [0.717, 1.165) is 0 Å². The second-order valence-corrected chi connectivity index (χ2v) is 6.51. The van der Waals surface area contributed by atoms with Gasteiger partial charge in [0.05, 0.1) is 19.1 Å². The van der Waals surface area contributed by atoms with Crippen molar-refractivity contribution in [2.75, 3.05) is 26.4 Å². The Morgan fingerprint density at radius 1 is 1.19 bits per heavy atom. The maximum atomic E-state index is 11.0. The van der Waals surface area contributed by atoms with E-state index in [1.807, 2.05) is 0 Å². The number of rotatable bonds is 7. The second kappa shape index (κ2) is 11.7. The van der Waals surface area contributed by atoms with Gasteiger partial charge in [-0.25, -0.2) is 5.09 Å². The van der Waals surface area contributed by atoms with Gasteiger partial charge in [-0.15, -0.1) is 0 Å². The van der Waals surface area contributed by atoms with E-state index in [1.165, 1.54) is 6.66 Å². The first kappa shape index (κ1) is 22.3. The quantitative estimate of drug-likeness (QED) is 0.455. The normalized spacial score (nSPS) is 15.8. The summed E-state index contributed by atoms with van der Waals surface area (Å²) in [6, 6.07) is -0.491. The van der Waals surface area contributed by atoms with Gasteiger partial charge in [0.2, 0.25) is 0 Å². The lowest BCUT2D eigenvalue weighted by atomic mass is 10.2. The third-order valence-electron chi connectivity index (χ3n) is 2.04. The molecule has 8 nitrogen and oxygen atoms in total. The van der Waals surface area contributed by atoms with Crippen molar-refractivity contribution in [1.82, 2.24) is 5.09 Å². The van der Waals surface area contributed by atoms with E-state index < -0.39 is 19.5 Å². The zero-order valence-electron chi connectivity index (χ0n) is 13.3. The van der Waals surface area contributed by atoms with Crippen molar-refractivity contribution in [1.29, 1.82) is 0 Å². The molecule has 126 valence electrons. The van der Waals surface area contributed by atoms with Gasteiger partial charge in [0.25, 0.3) is 7.52 Å². The van der Waals surface area contributed by atoms with Gasteiger partial charge in [0.15, 0.2) is 0 Å². The van der Waals surface area contributed by atoms with Gasteiger partial charge in [-0.1, -0.05) is 6.92 Å². The summed E-state index contributed by atoms with van der Waals surface area (Å²) >= 11 is 0. The van der Waals surface area contributed by atoms with Crippen molar-refractivity contribution in [3.63, 3.8) is 0 Å². The van der Waals surface area contributed by atoms with Crippen LogP contribution in [0, 0.1) is 5.92 Å². The van der Waals surface area contributed by atoms with Gasteiger partial charge in [-0.3, -0.25) is 14.2 Å². The van der Waals surface area contributed by atoms with E-state index in [0.29, 0.717) is 13.2 Å². The topological polar surface area (TPSA) is 128 Å². The standard InChI is InChI=1S/C7H16NO4P.C5H11NO2/c1-4-12-7(9)6(2)5-8-13(3,10)11;1-3-8-5(7)4(2)6/h6H,4-5H2,1-3H3,(H2,8,10,11);4H,3,6H2,1-2H3. The number of carbonyl (C=O) groups excluding carboxylic acids is 2. The van der Waals surface area contributed by atoms with Crippen LogP contribution in [0.5, 0.6) is 0 Å². The van der Waals surface area contributed by atoms with E-state index in [1.54, 1.807) is 27.7 Å². The molecule has 21 heavy (non-hydrogen) atoms. The monoisotopic (exact) mass is 326 g/mol. The molecule has 0 aliphatic heterocycles. The smallest absolute Gasteiger partial charge is 0.322 e. The third kappa shape index (κ3) is 15.3. The minimum absolute atomic E-state index is 0.156. The predicted octanol–water partition coefficient (Wildman–Crippen LogP) is 0.487. The molecule has 0 aromatic rings. The summed E-state index contributed by atoms with van der Waals surface area (Å²) in [7, 11) is -3.24. The minimum atomic E-state index is -3.24. The lowest BCUT2D eigenvalue weighted by Gasteiger charge is -2.12. The Labute approximate surface area is 125 Å². The van der Waals surface area contributed by atoms with Gasteiger partial charge in [-0.2, -0.15) is 0 Å². The number of nitrogens with one attached hydrogen (secondary N) is 1. The van der Waals surface area contributed by atoms with Crippen LogP contribution in [0.25, 0.3) is 0 Å². The maximum Gasteiger partial charge on any atom is 0.322 e. The number of nitrogens with two attached hydrogens (primary N) is 1. The van der Waals surface area contributed by atoms with Crippen molar-refractivity contribution in [3.05, 3.63) is 0 Å². The first-order chi connectivity index (χ1) is 9.55. The predicted molar refractivity (Wildman–Crippen MR) is 79.8 cm³/mol. The molecule has 3 atom stereocenters. The molecule has 0 radical (unpaired) electrons. The van der Waals surface area contributed by atoms with E-state index in [4.69, 9.17) is 15.4 Å². The molecule has 3 unspecified atom stereocenters. The molecule has 0 aliphatic rings. The van der Waals surface area contributed by atoms with Crippen LogP contribution in [-0.2, 0) is 23.6 Å². The number of ether oxygens (including phenoxy) is 2. The SMILES string of the molecule is CCOC(=O)C(C)CNP(C)(=O)O.CCOC(=O)C(C)N. The summed E-state index contributed by atoms with van der Waals surface area (Å²) in [5.41, 5.74) is 5.15. The molecule has 0 aromatic heterocycles. The maximum absolute atomic E-state index is 11.0. The van der Waals surface area contributed by atoms with Crippen LogP contribution in [0.1, 0.15) is 27.7 Å². The summed E-state index contributed by atoms with van der Waals surface area (Å²) in [4.78, 5) is 30.3. The molecule has 0 bridgehead atoms. The highest BCUT2D eigenvalue weighted by Gasteiger charge is 2.17. The molecule has 0 aliphatic carbocycles. The molecular formula is C12H27N2O6P. The van der Waals surface area contributed by atoms with E-state index in [-0.39, 0.29) is 18.5 Å². The van der Waals surface area contributed by atoms with E-state index in [9.17, 15) is 14.2 Å². The Hall–Kier alpha value is -0.950. The number of hydrogen-bond donors (Lipinski definition) is 3. The average molecular weight is 326 g/mol. The molecule has 0 saturated carbocycles. The Balaban J connectivity index is 0. The molecule has 4 N–H and O–H groups in total. The molecule has 0 fully saturated rings. The van der Waals surface area contributed by atoms with Crippen LogP contribution in [0.4, 0.5) is 0 Å². The van der Waals surface area contributed by atoms with E-state index >= 15 is 0 Å². The minimum Gasteiger partial charge on any atom is -0.466 e. The molecular weight excluding hydrogens is 299 g/mol. The Kier molecular flexibility index (Phi) is 12.4. The van der Waals surface area contributed by atoms with Crippen LogP contribution in [0.3, 0.4) is 0 Å². The summed E-state index contributed by atoms with van der Waals surface area (Å²) in [6.45, 7) is 8.77. The van der Waals surface area contributed by atoms with Crippen LogP contribution >= 0.6 is 7.52 Å². The van der Waals surface area contributed by atoms with Gasteiger partial charge in [-0.05, 0) is 20.8 Å². The fraction of sp³-hybridized carbons (Fsp3) is 0.833. The van der Waals surface area contributed by atoms with Crippen LogP contribution < -0.4 is 10.8 Å². The summed E-state index contributed by atoms with van der Waals surface area (Å²) < 4.78 is 20.0. The highest BCUT2D eigenvalue weighted by Crippen LogP contribution is 2.28. The Bertz CT molecular complexity index is 356. The second-order valence-electron chi connectivity index (χ2n) is 4.44.